The number of phenolic OH excluding ortho intramolecular Hbond substituents is 1. The first-order valence-corrected chi connectivity index (χ1v) is 5.42. The maximum absolute atomic E-state index is 9.58. The molecule has 92 valence electrons. The van der Waals surface area contributed by atoms with Gasteiger partial charge in [-0.25, -0.2) is 4.99 Å². The normalized spacial score (nSPS) is 20.9. The molecule has 1 aromatic carbocycles. The Morgan fingerprint density at radius 3 is 3.00 bits per heavy atom. The van der Waals surface area contributed by atoms with Crippen molar-refractivity contribution in [2.75, 3.05) is 13.2 Å². The van der Waals surface area contributed by atoms with Crippen LogP contribution in [0.15, 0.2) is 23.2 Å². The quantitative estimate of drug-likeness (QED) is 0.701. The number of phenols is 1. The average Bonchev–Trinajstić information content (AvgIpc) is 2.81. The first-order valence-electron chi connectivity index (χ1n) is 5.42. The van der Waals surface area contributed by atoms with Crippen LogP contribution in [0.4, 0.5) is 0 Å². The summed E-state index contributed by atoms with van der Waals surface area (Å²) in [7, 11) is 0. The molecule has 0 radical (unpaired) electrons. The van der Waals surface area contributed by atoms with Crippen molar-refractivity contribution in [3.8, 4) is 5.75 Å². The van der Waals surface area contributed by atoms with Crippen LogP contribution >= 0.6 is 0 Å². The summed E-state index contributed by atoms with van der Waals surface area (Å²) >= 11 is 0. The Kier molecular flexibility index (Phi) is 3.31. The molecule has 2 atom stereocenters. The second-order valence-electron chi connectivity index (χ2n) is 4.01. The minimum absolute atomic E-state index is 0.181. The van der Waals surface area contributed by atoms with Crippen molar-refractivity contribution >= 4 is 5.90 Å². The summed E-state index contributed by atoms with van der Waals surface area (Å²) in [5.41, 5.74) is 1.39. The second kappa shape index (κ2) is 4.73. The number of rotatable bonds is 3. The second-order valence-corrected chi connectivity index (χ2v) is 4.01. The number of hydrogen-bond donors (Lipinski definition) is 3. The van der Waals surface area contributed by atoms with E-state index in [-0.39, 0.29) is 19.0 Å². The fourth-order valence-corrected chi connectivity index (χ4v) is 1.71. The summed E-state index contributed by atoms with van der Waals surface area (Å²) in [5.74, 6) is 0.579. The van der Waals surface area contributed by atoms with Crippen LogP contribution in [-0.2, 0) is 4.74 Å². The predicted molar refractivity (Wildman–Crippen MR) is 62.2 cm³/mol. The predicted octanol–water partition coefficient (Wildman–Crippen LogP) is 0.199. The zero-order valence-corrected chi connectivity index (χ0v) is 9.50. The molecule has 0 aromatic heterocycles. The third-order valence-corrected chi connectivity index (χ3v) is 2.84. The van der Waals surface area contributed by atoms with E-state index in [9.17, 15) is 10.2 Å². The Bertz CT molecular complexity index is 444. The van der Waals surface area contributed by atoms with E-state index >= 15 is 0 Å². The summed E-state index contributed by atoms with van der Waals surface area (Å²) in [6.07, 6.45) is -0.912. The molecule has 0 aliphatic carbocycles. The van der Waals surface area contributed by atoms with Crippen molar-refractivity contribution < 1.29 is 20.1 Å². The van der Waals surface area contributed by atoms with Crippen LogP contribution in [0.3, 0.4) is 0 Å². The number of nitrogens with zero attached hydrogens (tertiary/aromatic N) is 1. The molecule has 5 nitrogen and oxygen atoms in total. The zero-order chi connectivity index (χ0) is 12.4. The molecule has 2 rings (SSSR count). The number of benzene rings is 1. The van der Waals surface area contributed by atoms with Crippen LogP contribution in [0, 0.1) is 6.92 Å². The lowest BCUT2D eigenvalue weighted by Crippen LogP contribution is -2.28. The van der Waals surface area contributed by atoms with Crippen molar-refractivity contribution in [1.29, 1.82) is 0 Å². The van der Waals surface area contributed by atoms with Crippen LogP contribution in [0.5, 0.6) is 5.75 Å². The van der Waals surface area contributed by atoms with Crippen LogP contribution in [0.25, 0.3) is 0 Å². The van der Waals surface area contributed by atoms with Gasteiger partial charge in [0.05, 0.1) is 6.61 Å². The number of aliphatic hydroxyl groups excluding tert-OH is 2. The smallest absolute Gasteiger partial charge is 0.217 e. The number of aliphatic hydroxyl groups is 2. The number of aromatic hydroxyl groups is 1. The van der Waals surface area contributed by atoms with Gasteiger partial charge in [0.15, 0.2) is 0 Å². The van der Waals surface area contributed by atoms with E-state index in [1.165, 1.54) is 0 Å². The molecular weight excluding hydrogens is 222 g/mol. The van der Waals surface area contributed by atoms with Gasteiger partial charge in [-0.15, -0.1) is 0 Å². The van der Waals surface area contributed by atoms with Gasteiger partial charge in [-0.05, 0) is 19.1 Å². The van der Waals surface area contributed by atoms with Crippen LogP contribution < -0.4 is 0 Å². The summed E-state index contributed by atoms with van der Waals surface area (Å²) in [4.78, 5) is 4.20. The minimum atomic E-state index is -0.912. The van der Waals surface area contributed by atoms with Crippen LogP contribution in [0.2, 0.25) is 0 Å². The molecular formula is C12H15NO4. The van der Waals surface area contributed by atoms with E-state index in [0.717, 1.165) is 0 Å². The van der Waals surface area contributed by atoms with Gasteiger partial charge in [0.2, 0.25) is 5.90 Å². The molecule has 3 N–H and O–H groups in total. The monoisotopic (exact) mass is 237 g/mol. The molecule has 0 bridgehead atoms. The zero-order valence-electron chi connectivity index (χ0n) is 9.50. The molecule has 1 aliphatic heterocycles. The summed E-state index contributed by atoms with van der Waals surface area (Å²) in [6.45, 7) is 1.67. The van der Waals surface area contributed by atoms with Gasteiger partial charge in [0.25, 0.3) is 0 Å². The van der Waals surface area contributed by atoms with Gasteiger partial charge in [-0.1, -0.05) is 6.07 Å². The average molecular weight is 237 g/mol. The highest BCUT2D eigenvalue weighted by atomic mass is 16.5. The molecule has 1 heterocycles. The standard InChI is InChI=1S/C12H15NO4/c1-7-8(3-2-4-10(7)15)12-13-9(6-17-12)11(16)5-14/h2-4,9,11,14-16H,5-6H2,1H3. The largest absolute Gasteiger partial charge is 0.508 e. The highest BCUT2D eigenvalue weighted by molar-refractivity contribution is 5.97. The van der Waals surface area contributed by atoms with Crippen molar-refractivity contribution in [2.45, 2.75) is 19.1 Å². The Morgan fingerprint density at radius 2 is 2.29 bits per heavy atom. The first kappa shape index (κ1) is 11.9. The fraction of sp³-hybridized carbons (Fsp3) is 0.417. The van der Waals surface area contributed by atoms with Gasteiger partial charge >= 0.3 is 0 Å². The molecule has 0 saturated heterocycles. The van der Waals surface area contributed by atoms with E-state index in [1.807, 2.05) is 0 Å². The summed E-state index contributed by atoms with van der Waals surface area (Å²) in [6, 6.07) is 4.65. The van der Waals surface area contributed by atoms with E-state index < -0.39 is 12.1 Å². The molecule has 1 aliphatic rings. The van der Waals surface area contributed by atoms with E-state index in [1.54, 1.807) is 25.1 Å². The molecule has 0 spiro atoms. The molecule has 0 saturated carbocycles. The number of ether oxygens (including phenoxy) is 1. The van der Waals surface area contributed by atoms with E-state index in [0.29, 0.717) is 17.0 Å². The van der Waals surface area contributed by atoms with Gasteiger partial charge < -0.3 is 20.1 Å². The molecule has 5 heteroatoms. The lowest BCUT2D eigenvalue weighted by Gasteiger charge is -2.09. The lowest BCUT2D eigenvalue weighted by atomic mass is 10.1. The van der Waals surface area contributed by atoms with Crippen molar-refractivity contribution in [1.82, 2.24) is 0 Å². The summed E-state index contributed by atoms with van der Waals surface area (Å²) < 4.78 is 5.38. The molecule has 1 aromatic rings. The molecule has 0 fully saturated rings. The van der Waals surface area contributed by atoms with Crippen molar-refractivity contribution in [3.63, 3.8) is 0 Å². The van der Waals surface area contributed by atoms with Crippen LogP contribution in [-0.4, -0.2) is 46.6 Å². The topological polar surface area (TPSA) is 82.3 Å². The minimum Gasteiger partial charge on any atom is -0.508 e. The fourth-order valence-electron chi connectivity index (χ4n) is 1.71. The SMILES string of the molecule is Cc1c(O)cccc1C1=NC(C(O)CO)CO1. The highest BCUT2D eigenvalue weighted by Crippen LogP contribution is 2.23. The van der Waals surface area contributed by atoms with Gasteiger partial charge in [-0.3, -0.25) is 0 Å². The van der Waals surface area contributed by atoms with Gasteiger partial charge in [0, 0.05) is 11.1 Å². The Balaban J connectivity index is 2.27. The maximum atomic E-state index is 9.58. The van der Waals surface area contributed by atoms with Crippen molar-refractivity contribution in [2.24, 2.45) is 4.99 Å². The van der Waals surface area contributed by atoms with Crippen molar-refractivity contribution in [3.05, 3.63) is 29.3 Å². The first-order chi connectivity index (χ1) is 8.13. The maximum Gasteiger partial charge on any atom is 0.217 e. The van der Waals surface area contributed by atoms with Gasteiger partial charge in [0.1, 0.15) is 24.5 Å². The molecule has 0 amide bonds. The lowest BCUT2D eigenvalue weighted by molar-refractivity contribution is 0.0666. The number of aliphatic imine (C=N–C) groups is 1. The Hall–Kier alpha value is -1.59. The van der Waals surface area contributed by atoms with Gasteiger partial charge in [-0.2, -0.15) is 0 Å². The Morgan fingerprint density at radius 1 is 1.53 bits per heavy atom. The third kappa shape index (κ3) is 2.25. The number of hydrogen-bond acceptors (Lipinski definition) is 5. The highest BCUT2D eigenvalue weighted by Gasteiger charge is 2.27. The van der Waals surface area contributed by atoms with E-state index in [2.05, 4.69) is 4.99 Å². The van der Waals surface area contributed by atoms with E-state index in [4.69, 9.17) is 9.84 Å². The third-order valence-electron chi connectivity index (χ3n) is 2.84. The Labute approximate surface area is 99.0 Å². The van der Waals surface area contributed by atoms with Crippen LogP contribution in [0.1, 0.15) is 11.1 Å². The molecule has 17 heavy (non-hydrogen) atoms. The molecule has 2 unspecified atom stereocenters. The summed E-state index contributed by atoms with van der Waals surface area (Å²) in [5, 5.41) is 27.9.